The Labute approximate surface area is 180 Å². The maximum atomic E-state index is 13.2. The number of H-pyrrole nitrogens is 1. The van der Waals surface area contributed by atoms with Crippen LogP contribution in [0.4, 0.5) is 0 Å². The summed E-state index contributed by atoms with van der Waals surface area (Å²) in [4.78, 5) is 36.9. The fourth-order valence-corrected chi connectivity index (χ4v) is 4.33. The van der Waals surface area contributed by atoms with Gasteiger partial charge in [-0.15, -0.1) is 11.8 Å². The number of rotatable bonds is 5. The number of carbonyl (C=O) groups excluding carboxylic acids is 2. The van der Waals surface area contributed by atoms with Crippen LogP contribution in [-0.4, -0.2) is 45.9 Å². The molecule has 0 aliphatic carbocycles. The van der Waals surface area contributed by atoms with Crippen molar-refractivity contribution >= 4 is 23.5 Å². The van der Waals surface area contributed by atoms with Crippen molar-refractivity contribution in [3.63, 3.8) is 0 Å². The summed E-state index contributed by atoms with van der Waals surface area (Å²) in [6, 6.07) is 17.5. The second-order valence-corrected chi connectivity index (χ2v) is 8.49. The van der Waals surface area contributed by atoms with Crippen LogP contribution in [0.25, 0.3) is 11.4 Å². The highest BCUT2D eigenvalue weighted by atomic mass is 32.2. The molecule has 1 N–H and O–H groups in total. The Hall–Kier alpha value is -2.86. The molecule has 0 spiro atoms. The Kier molecular flexibility index (Phi) is 6.04. The van der Waals surface area contributed by atoms with Crippen LogP contribution in [0.3, 0.4) is 0 Å². The van der Waals surface area contributed by atoms with Gasteiger partial charge in [0.2, 0.25) is 0 Å². The first-order valence-corrected chi connectivity index (χ1v) is 11.4. The number of aromatic amines is 1. The number of nitrogens with one attached hydrogen (secondary N) is 1. The third-order valence-corrected chi connectivity index (χ3v) is 6.33. The number of nitrogens with zero attached hydrogens (tertiary/aromatic N) is 2. The van der Waals surface area contributed by atoms with Crippen LogP contribution in [0, 0.1) is 12.8 Å². The Morgan fingerprint density at radius 1 is 1.10 bits per heavy atom. The Bertz CT molecular complexity index is 1040. The number of carbonyl (C=O) groups is 2. The highest BCUT2D eigenvalue weighted by Gasteiger charge is 2.31. The third-order valence-electron chi connectivity index (χ3n) is 5.59. The van der Waals surface area contributed by atoms with E-state index in [0.29, 0.717) is 24.6 Å². The zero-order chi connectivity index (χ0) is 21.1. The van der Waals surface area contributed by atoms with E-state index in [9.17, 15) is 9.59 Å². The monoisotopic (exact) mass is 419 g/mol. The van der Waals surface area contributed by atoms with Gasteiger partial charge in [0.1, 0.15) is 11.5 Å². The van der Waals surface area contributed by atoms with Crippen LogP contribution in [0.1, 0.15) is 39.4 Å². The average Bonchev–Trinajstić information content (AvgIpc) is 3.20. The molecule has 2 heterocycles. The minimum absolute atomic E-state index is 0.110. The van der Waals surface area contributed by atoms with E-state index in [2.05, 4.69) is 9.97 Å². The number of Topliss-reactive ketones (excluding diaryl/α,β-unsaturated/α-hetero) is 1. The van der Waals surface area contributed by atoms with Crippen LogP contribution >= 0.6 is 11.8 Å². The number of amides is 1. The Morgan fingerprint density at radius 2 is 1.83 bits per heavy atom. The van der Waals surface area contributed by atoms with E-state index in [1.54, 1.807) is 16.7 Å². The smallest absolute Gasteiger partial charge is 0.274 e. The fourth-order valence-electron chi connectivity index (χ4n) is 3.92. The quantitative estimate of drug-likeness (QED) is 0.475. The van der Waals surface area contributed by atoms with Gasteiger partial charge in [-0.25, -0.2) is 4.98 Å². The predicted molar refractivity (Wildman–Crippen MR) is 120 cm³/mol. The lowest BCUT2D eigenvalue weighted by Gasteiger charge is -2.31. The van der Waals surface area contributed by atoms with E-state index in [1.165, 1.54) is 0 Å². The van der Waals surface area contributed by atoms with Crippen molar-refractivity contribution < 1.29 is 9.59 Å². The van der Waals surface area contributed by atoms with Crippen LogP contribution < -0.4 is 0 Å². The summed E-state index contributed by atoms with van der Waals surface area (Å²) in [5, 5.41) is 0. The van der Waals surface area contributed by atoms with Crippen molar-refractivity contribution in [3.8, 4) is 11.4 Å². The number of hydrogen-bond donors (Lipinski definition) is 1. The van der Waals surface area contributed by atoms with Crippen molar-refractivity contribution in [1.82, 2.24) is 14.9 Å². The number of benzene rings is 2. The summed E-state index contributed by atoms with van der Waals surface area (Å²) < 4.78 is 0. The largest absolute Gasteiger partial charge is 0.341 e. The third kappa shape index (κ3) is 4.19. The van der Waals surface area contributed by atoms with E-state index in [4.69, 9.17) is 0 Å². The zero-order valence-electron chi connectivity index (χ0n) is 17.2. The normalized spacial score (nSPS) is 16.5. The van der Waals surface area contributed by atoms with Gasteiger partial charge in [0.05, 0.1) is 0 Å². The standard InChI is InChI=1S/C24H25N3O2S/c1-16-21(26-23(25-16)18-7-4-3-5-8-18)24(29)27-14-6-9-19(15-27)22(28)17-10-12-20(30-2)13-11-17/h3-5,7-8,10-13,19H,6,9,14-15H2,1-2H3,(H,25,26). The van der Waals surface area contributed by atoms with Gasteiger partial charge in [-0.2, -0.15) is 0 Å². The van der Waals surface area contributed by atoms with E-state index in [-0.39, 0.29) is 17.6 Å². The van der Waals surface area contributed by atoms with Crippen molar-refractivity contribution in [3.05, 3.63) is 71.5 Å². The molecule has 1 fully saturated rings. The first-order valence-electron chi connectivity index (χ1n) is 10.2. The minimum Gasteiger partial charge on any atom is -0.341 e. The molecule has 2 aromatic carbocycles. The molecule has 0 bridgehead atoms. The van der Waals surface area contributed by atoms with Gasteiger partial charge >= 0.3 is 0 Å². The zero-order valence-corrected chi connectivity index (χ0v) is 18.0. The number of ketones is 1. The number of imidazole rings is 1. The first-order chi connectivity index (χ1) is 14.6. The number of thioether (sulfide) groups is 1. The average molecular weight is 420 g/mol. The predicted octanol–water partition coefficient (Wildman–Crippen LogP) is 4.84. The second-order valence-electron chi connectivity index (χ2n) is 7.61. The molecule has 1 aliphatic heterocycles. The highest BCUT2D eigenvalue weighted by Crippen LogP contribution is 2.25. The van der Waals surface area contributed by atoms with Gasteiger partial charge in [0.25, 0.3) is 5.91 Å². The van der Waals surface area contributed by atoms with E-state index in [0.717, 1.165) is 34.6 Å². The molecule has 1 aliphatic rings. The van der Waals surface area contributed by atoms with Crippen molar-refractivity contribution in [2.45, 2.75) is 24.7 Å². The summed E-state index contributed by atoms with van der Waals surface area (Å²) in [6.45, 7) is 2.96. The fraction of sp³-hybridized carbons (Fsp3) is 0.292. The molecule has 154 valence electrons. The highest BCUT2D eigenvalue weighted by molar-refractivity contribution is 7.98. The second kappa shape index (κ2) is 8.88. The molecule has 4 rings (SSSR count). The topological polar surface area (TPSA) is 66.1 Å². The van der Waals surface area contributed by atoms with E-state index in [1.807, 2.05) is 67.8 Å². The number of hydrogen-bond acceptors (Lipinski definition) is 4. The lowest BCUT2D eigenvalue weighted by atomic mass is 9.90. The molecule has 1 atom stereocenters. The number of aryl methyl sites for hydroxylation is 1. The molecule has 1 amide bonds. The van der Waals surface area contributed by atoms with Gasteiger partial charge < -0.3 is 9.88 Å². The lowest BCUT2D eigenvalue weighted by molar-refractivity contribution is 0.0632. The Balaban J connectivity index is 1.50. The molecule has 5 nitrogen and oxygen atoms in total. The summed E-state index contributed by atoms with van der Waals surface area (Å²) >= 11 is 1.65. The molecular weight excluding hydrogens is 394 g/mol. The molecule has 1 saturated heterocycles. The van der Waals surface area contributed by atoms with Gasteiger partial charge in [-0.3, -0.25) is 9.59 Å². The number of likely N-dealkylation sites (tertiary alicyclic amines) is 1. The van der Waals surface area contributed by atoms with Gasteiger partial charge in [-0.1, -0.05) is 42.5 Å². The lowest BCUT2D eigenvalue weighted by Crippen LogP contribution is -2.42. The molecule has 6 heteroatoms. The summed E-state index contributed by atoms with van der Waals surface area (Å²) in [6.07, 6.45) is 3.64. The summed E-state index contributed by atoms with van der Waals surface area (Å²) in [7, 11) is 0. The van der Waals surface area contributed by atoms with Crippen LogP contribution in [0.15, 0.2) is 59.5 Å². The molecular formula is C24H25N3O2S. The molecule has 1 unspecified atom stereocenters. The van der Waals surface area contributed by atoms with Crippen LogP contribution in [-0.2, 0) is 0 Å². The first kappa shape index (κ1) is 20.4. The van der Waals surface area contributed by atoms with Crippen LogP contribution in [0.5, 0.6) is 0 Å². The molecule has 1 aromatic heterocycles. The minimum atomic E-state index is -0.171. The maximum Gasteiger partial charge on any atom is 0.274 e. The van der Waals surface area contributed by atoms with Gasteiger partial charge in [0.15, 0.2) is 5.78 Å². The van der Waals surface area contributed by atoms with Gasteiger partial charge in [0, 0.05) is 40.7 Å². The Morgan fingerprint density at radius 3 is 2.53 bits per heavy atom. The van der Waals surface area contributed by atoms with Crippen molar-refractivity contribution in [2.75, 3.05) is 19.3 Å². The molecule has 0 radical (unpaired) electrons. The van der Waals surface area contributed by atoms with E-state index >= 15 is 0 Å². The van der Waals surface area contributed by atoms with Crippen molar-refractivity contribution in [1.29, 1.82) is 0 Å². The number of aromatic nitrogens is 2. The molecule has 3 aromatic rings. The SMILES string of the molecule is CSc1ccc(C(=O)C2CCCN(C(=O)c3nc(-c4ccccc4)[nH]c3C)C2)cc1. The molecule has 0 saturated carbocycles. The summed E-state index contributed by atoms with van der Waals surface area (Å²) in [5.41, 5.74) is 2.85. The maximum absolute atomic E-state index is 13.2. The summed E-state index contributed by atoms with van der Waals surface area (Å²) in [5.74, 6) is 0.524. The van der Waals surface area contributed by atoms with E-state index < -0.39 is 0 Å². The number of piperidine rings is 1. The van der Waals surface area contributed by atoms with Crippen molar-refractivity contribution in [2.24, 2.45) is 5.92 Å². The molecule has 30 heavy (non-hydrogen) atoms. The van der Waals surface area contributed by atoms with Crippen LogP contribution in [0.2, 0.25) is 0 Å². The van der Waals surface area contributed by atoms with Gasteiger partial charge in [-0.05, 0) is 38.2 Å².